The van der Waals surface area contributed by atoms with Gasteiger partial charge in [-0.3, -0.25) is 4.79 Å². The van der Waals surface area contributed by atoms with Gasteiger partial charge in [-0.05, 0) is 58.2 Å². The lowest BCUT2D eigenvalue weighted by atomic mass is 9.87. The number of rotatable bonds is 6. The molecule has 0 radical (unpaired) electrons. The van der Waals surface area contributed by atoms with Crippen molar-refractivity contribution in [3.8, 4) is 0 Å². The third-order valence-electron chi connectivity index (χ3n) is 4.13. The fourth-order valence-electron chi connectivity index (χ4n) is 2.79. The zero-order valence-electron chi connectivity index (χ0n) is 15.1. The fraction of sp³-hybridized carbons (Fsp3) is 0.526. The zero-order chi connectivity index (χ0) is 18.8. The molecule has 1 fully saturated rings. The lowest BCUT2D eigenvalue weighted by Gasteiger charge is -2.22. The van der Waals surface area contributed by atoms with E-state index in [2.05, 4.69) is 5.32 Å². The van der Waals surface area contributed by atoms with Crippen molar-refractivity contribution in [3.63, 3.8) is 0 Å². The van der Waals surface area contributed by atoms with Crippen molar-refractivity contribution >= 4 is 29.2 Å². The largest absolute Gasteiger partial charge is 0.444 e. The van der Waals surface area contributed by atoms with Crippen molar-refractivity contribution in [2.24, 2.45) is 0 Å². The van der Waals surface area contributed by atoms with Crippen LogP contribution in [0.5, 0.6) is 0 Å². The molecule has 6 heteroatoms. The molecule has 0 heterocycles. The van der Waals surface area contributed by atoms with E-state index in [1.165, 1.54) is 0 Å². The van der Waals surface area contributed by atoms with Gasteiger partial charge in [-0.2, -0.15) is 0 Å². The molecule has 0 saturated heterocycles. The molecule has 1 saturated carbocycles. The highest BCUT2D eigenvalue weighted by Crippen LogP contribution is 2.49. The second-order valence-electron chi connectivity index (χ2n) is 7.65. The van der Waals surface area contributed by atoms with Crippen molar-refractivity contribution < 1.29 is 14.3 Å². The van der Waals surface area contributed by atoms with Gasteiger partial charge in [0.2, 0.25) is 0 Å². The van der Waals surface area contributed by atoms with Gasteiger partial charge in [-0.25, -0.2) is 4.79 Å². The number of Topliss-reactive ketones (excluding diaryl/α,β-unsaturated/α-hetero) is 1. The van der Waals surface area contributed by atoms with E-state index in [1.54, 1.807) is 39.8 Å². The Kier molecular flexibility index (Phi) is 5.57. The van der Waals surface area contributed by atoms with Crippen molar-refractivity contribution in [3.05, 3.63) is 34.9 Å². The van der Waals surface area contributed by atoms with Gasteiger partial charge in [-0.15, -0.1) is 0 Å². The summed E-state index contributed by atoms with van der Waals surface area (Å²) < 4.78 is 5.19. The van der Waals surface area contributed by atoms with E-state index in [9.17, 15) is 9.59 Å². The van der Waals surface area contributed by atoms with Crippen LogP contribution < -0.4 is 5.32 Å². The van der Waals surface area contributed by atoms with E-state index in [4.69, 9.17) is 21.7 Å². The number of benzene rings is 1. The summed E-state index contributed by atoms with van der Waals surface area (Å²) in [7, 11) is 0. The van der Waals surface area contributed by atoms with E-state index in [0.29, 0.717) is 5.02 Å². The number of carbonyl (C=O) groups is 2. The molecular formula is C19H25ClN2O3. The summed E-state index contributed by atoms with van der Waals surface area (Å²) in [5.41, 5.74) is -0.247. The Bertz CT molecular complexity index is 673. The molecule has 1 amide bonds. The van der Waals surface area contributed by atoms with Gasteiger partial charge in [0, 0.05) is 17.5 Å². The molecule has 1 aliphatic carbocycles. The Morgan fingerprint density at radius 2 is 1.84 bits per heavy atom. The molecule has 136 valence electrons. The Balaban J connectivity index is 1.95. The Morgan fingerprint density at radius 1 is 1.28 bits per heavy atom. The highest BCUT2D eigenvalue weighted by molar-refractivity contribution is 6.42. The van der Waals surface area contributed by atoms with E-state index >= 15 is 0 Å². The molecule has 25 heavy (non-hydrogen) atoms. The predicted molar refractivity (Wildman–Crippen MR) is 98.5 cm³/mol. The molecule has 1 aromatic carbocycles. The molecule has 0 unspecified atom stereocenters. The zero-order valence-corrected chi connectivity index (χ0v) is 15.9. The highest BCUT2D eigenvalue weighted by atomic mass is 35.5. The smallest absolute Gasteiger partial charge is 0.407 e. The van der Waals surface area contributed by atoms with Crippen molar-refractivity contribution in [1.82, 2.24) is 5.32 Å². The standard InChI is InChI=1S/C19H25ClN2O3/c1-12(22-17(24)25-18(2,3)4)11-15(21)16(23)19(9-10-19)13-5-7-14(20)8-6-13/h5-8,12,21H,9-11H2,1-4H3,(H,22,24)/t12-/m0/s1. The molecule has 1 atom stereocenters. The third kappa shape index (κ3) is 5.05. The minimum Gasteiger partial charge on any atom is -0.444 e. The number of alkyl carbamates (subject to hydrolysis) is 1. The number of ether oxygens (including phenoxy) is 1. The number of carbonyl (C=O) groups excluding carboxylic acids is 2. The van der Waals surface area contributed by atoms with Gasteiger partial charge in [-0.1, -0.05) is 23.7 Å². The quantitative estimate of drug-likeness (QED) is 0.740. The van der Waals surface area contributed by atoms with Gasteiger partial charge in [0.25, 0.3) is 0 Å². The topological polar surface area (TPSA) is 79.3 Å². The van der Waals surface area contributed by atoms with Crippen LogP contribution in [0.25, 0.3) is 0 Å². The molecule has 0 aliphatic heterocycles. The molecule has 5 nitrogen and oxygen atoms in total. The van der Waals surface area contributed by atoms with Crippen LogP contribution >= 0.6 is 11.6 Å². The van der Waals surface area contributed by atoms with Crippen LogP contribution in [0.2, 0.25) is 5.02 Å². The number of hydrogen-bond donors (Lipinski definition) is 2. The van der Waals surface area contributed by atoms with Crippen molar-refractivity contribution in [2.45, 2.75) is 64.0 Å². The fourth-order valence-corrected chi connectivity index (χ4v) is 2.91. The molecule has 1 aliphatic rings. The summed E-state index contributed by atoms with van der Waals surface area (Å²) >= 11 is 5.91. The predicted octanol–water partition coefficient (Wildman–Crippen LogP) is 4.26. The third-order valence-corrected chi connectivity index (χ3v) is 4.38. The lowest BCUT2D eigenvalue weighted by Crippen LogP contribution is -2.40. The average Bonchev–Trinajstić information content (AvgIpc) is 3.26. The summed E-state index contributed by atoms with van der Waals surface area (Å²) in [6, 6.07) is 6.87. The first kappa shape index (κ1) is 19.4. The monoisotopic (exact) mass is 364 g/mol. The molecule has 0 aromatic heterocycles. The van der Waals surface area contributed by atoms with Crippen LogP contribution in [0.4, 0.5) is 4.79 Å². The maximum absolute atomic E-state index is 12.8. The van der Waals surface area contributed by atoms with E-state index in [0.717, 1.165) is 18.4 Å². The normalized spacial score (nSPS) is 16.7. The number of ketones is 1. The minimum absolute atomic E-state index is 0.0241. The molecule has 0 bridgehead atoms. The highest BCUT2D eigenvalue weighted by Gasteiger charge is 2.52. The minimum atomic E-state index is -0.590. The molecule has 0 spiro atoms. The van der Waals surface area contributed by atoms with Crippen LogP contribution in [0.1, 0.15) is 52.5 Å². The summed E-state index contributed by atoms with van der Waals surface area (Å²) in [5.74, 6) is -0.173. The Labute approximate surface area is 153 Å². The number of halogens is 1. The molecule has 2 N–H and O–H groups in total. The van der Waals surface area contributed by atoms with Gasteiger partial charge < -0.3 is 15.5 Å². The Morgan fingerprint density at radius 3 is 2.32 bits per heavy atom. The van der Waals surface area contributed by atoms with Crippen LogP contribution in [0.3, 0.4) is 0 Å². The SMILES string of the molecule is C[C@@H](CC(=N)C(=O)C1(c2ccc(Cl)cc2)CC1)NC(=O)OC(C)(C)C. The lowest BCUT2D eigenvalue weighted by molar-refractivity contribution is -0.115. The van der Waals surface area contributed by atoms with Crippen LogP contribution in [0.15, 0.2) is 24.3 Å². The number of amides is 1. The van der Waals surface area contributed by atoms with E-state index in [1.807, 2.05) is 12.1 Å². The van der Waals surface area contributed by atoms with Crippen molar-refractivity contribution in [2.75, 3.05) is 0 Å². The molecule has 1 aromatic rings. The van der Waals surface area contributed by atoms with Gasteiger partial charge in [0.15, 0.2) is 5.78 Å². The van der Waals surface area contributed by atoms with E-state index < -0.39 is 17.1 Å². The summed E-state index contributed by atoms with van der Waals surface area (Å²) in [6.45, 7) is 7.11. The number of nitrogens with one attached hydrogen (secondary N) is 2. The van der Waals surface area contributed by atoms with Gasteiger partial charge in [0.1, 0.15) is 5.60 Å². The average molecular weight is 365 g/mol. The van der Waals surface area contributed by atoms with Crippen LogP contribution in [-0.2, 0) is 14.9 Å². The maximum Gasteiger partial charge on any atom is 0.407 e. The number of hydrogen-bond acceptors (Lipinski definition) is 4. The molecular weight excluding hydrogens is 340 g/mol. The first-order chi connectivity index (χ1) is 11.5. The van der Waals surface area contributed by atoms with Crippen molar-refractivity contribution in [1.29, 1.82) is 5.41 Å². The first-order valence-electron chi connectivity index (χ1n) is 8.41. The van der Waals surface area contributed by atoms with Crippen LogP contribution in [-0.4, -0.2) is 29.2 Å². The van der Waals surface area contributed by atoms with Gasteiger partial charge in [0.05, 0.1) is 11.1 Å². The van der Waals surface area contributed by atoms with E-state index in [-0.39, 0.29) is 24.0 Å². The first-order valence-corrected chi connectivity index (χ1v) is 8.79. The maximum atomic E-state index is 12.8. The van der Waals surface area contributed by atoms with Crippen LogP contribution in [0, 0.1) is 5.41 Å². The summed E-state index contributed by atoms with van der Waals surface area (Å²) in [5, 5.41) is 11.5. The summed E-state index contributed by atoms with van der Waals surface area (Å²) in [6.07, 6.45) is 1.11. The summed E-state index contributed by atoms with van der Waals surface area (Å²) in [4.78, 5) is 24.5. The second-order valence-corrected chi connectivity index (χ2v) is 8.08. The van der Waals surface area contributed by atoms with Gasteiger partial charge >= 0.3 is 6.09 Å². The molecule has 2 rings (SSSR count). The second kappa shape index (κ2) is 7.16. The Hall–Kier alpha value is -1.88.